The Labute approximate surface area is 143 Å². The van der Waals surface area contributed by atoms with Gasteiger partial charge in [-0.1, -0.05) is 11.2 Å². The molecule has 0 aliphatic rings. The van der Waals surface area contributed by atoms with E-state index in [2.05, 4.69) is 30.7 Å². The molecule has 0 bridgehead atoms. The van der Waals surface area contributed by atoms with Crippen LogP contribution in [0.15, 0.2) is 35.2 Å². The molecule has 0 fully saturated rings. The second kappa shape index (κ2) is 6.95. The minimum atomic E-state index is -0.299. The van der Waals surface area contributed by atoms with Crippen molar-refractivity contribution >= 4 is 17.4 Å². The molecule has 0 aliphatic heterocycles. The topological polar surface area (TPSA) is 115 Å². The maximum atomic E-state index is 12.0. The number of carbonyl (C=O) groups excluding carboxylic acids is 1. The summed E-state index contributed by atoms with van der Waals surface area (Å²) in [5, 5.41) is 9.57. The van der Waals surface area contributed by atoms with Gasteiger partial charge in [-0.2, -0.15) is 4.98 Å². The molecule has 2 N–H and O–H groups in total. The van der Waals surface area contributed by atoms with Gasteiger partial charge in [0.25, 0.3) is 5.91 Å². The number of hydrogen-bond acceptors (Lipinski definition) is 8. The summed E-state index contributed by atoms with van der Waals surface area (Å²) in [5.74, 6) is 1.42. The highest BCUT2D eigenvalue weighted by Gasteiger charge is 2.18. The predicted octanol–water partition coefficient (Wildman–Crippen LogP) is 1.95. The third-order valence-electron chi connectivity index (χ3n) is 3.42. The number of para-hydroxylation sites is 1. The highest BCUT2D eigenvalue weighted by molar-refractivity contribution is 5.99. The zero-order valence-electron chi connectivity index (χ0n) is 13.9. The number of nitrogens with zero attached hydrogens (tertiary/aromatic N) is 4. The zero-order valence-corrected chi connectivity index (χ0v) is 13.9. The zero-order chi connectivity index (χ0) is 17.8. The second-order valence-corrected chi connectivity index (χ2v) is 5.01. The SMILES string of the molecule is CNC(=O)c1cncnc1Nc1cccc(-c2noc(C)n2)c1OC. The summed E-state index contributed by atoms with van der Waals surface area (Å²) in [4.78, 5) is 24.2. The van der Waals surface area contributed by atoms with Crippen molar-refractivity contribution in [2.24, 2.45) is 0 Å². The molecule has 128 valence electrons. The lowest BCUT2D eigenvalue weighted by atomic mass is 10.1. The van der Waals surface area contributed by atoms with Crippen molar-refractivity contribution in [1.82, 2.24) is 25.4 Å². The van der Waals surface area contributed by atoms with Crippen LogP contribution in [0.4, 0.5) is 11.5 Å². The van der Waals surface area contributed by atoms with E-state index in [0.29, 0.717) is 40.1 Å². The molecule has 25 heavy (non-hydrogen) atoms. The van der Waals surface area contributed by atoms with Crippen LogP contribution in [-0.4, -0.2) is 40.2 Å². The van der Waals surface area contributed by atoms with Gasteiger partial charge in [0.15, 0.2) is 5.75 Å². The van der Waals surface area contributed by atoms with Crippen LogP contribution in [0, 0.1) is 6.92 Å². The average Bonchev–Trinajstić information content (AvgIpc) is 3.07. The van der Waals surface area contributed by atoms with Gasteiger partial charge in [-0.3, -0.25) is 4.79 Å². The molecule has 0 unspecified atom stereocenters. The molecule has 2 aromatic heterocycles. The van der Waals surface area contributed by atoms with Gasteiger partial charge >= 0.3 is 0 Å². The fourth-order valence-electron chi connectivity index (χ4n) is 2.30. The van der Waals surface area contributed by atoms with Gasteiger partial charge in [-0.05, 0) is 12.1 Å². The molecule has 0 radical (unpaired) electrons. The Hall–Kier alpha value is -3.49. The Morgan fingerprint density at radius 3 is 2.84 bits per heavy atom. The molecule has 0 atom stereocenters. The van der Waals surface area contributed by atoms with Gasteiger partial charge in [0, 0.05) is 20.2 Å². The monoisotopic (exact) mass is 340 g/mol. The molecule has 9 nitrogen and oxygen atoms in total. The molecule has 0 saturated carbocycles. The summed E-state index contributed by atoms with van der Waals surface area (Å²) < 4.78 is 10.5. The molecule has 1 amide bonds. The second-order valence-electron chi connectivity index (χ2n) is 5.01. The highest BCUT2D eigenvalue weighted by Crippen LogP contribution is 2.36. The van der Waals surface area contributed by atoms with Crippen molar-refractivity contribution < 1.29 is 14.1 Å². The Kier molecular flexibility index (Phi) is 4.55. The van der Waals surface area contributed by atoms with Crippen LogP contribution in [0.3, 0.4) is 0 Å². The number of benzene rings is 1. The summed E-state index contributed by atoms with van der Waals surface area (Å²) in [6.07, 6.45) is 2.79. The first-order valence-electron chi connectivity index (χ1n) is 7.40. The van der Waals surface area contributed by atoms with Gasteiger partial charge in [0.05, 0.1) is 18.4 Å². The Bertz CT molecular complexity index is 908. The normalized spacial score (nSPS) is 10.4. The minimum absolute atomic E-state index is 0.299. The first kappa shape index (κ1) is 16.4. The van der Waals surface area contributed by atoms with E-state index in [1.807, 2.05) is 12.1 Å². The third kappa shape index (κ3) is 3.25. The molecule has 0 spiro atoms. The molecular weight excluding hydrogens is 324 g/mol. The van der Waals surface area contributed by atoms with Crippen molar-refractivity contribution in [2.75, 3.05) is 19.5 Å². The van der Waals surface area contributed by atoms with E-state index in [9.17, 15) is 4.79 Å². The van der Waals surface area contributed by atoms with Crippen LogP contribution in [-0.2, 0) is 0 Å². The maximum absolute atomic E-state index is 12.0. The van der Waals surface area contributed by atoms with Gasteiger partial charge in [0.1, 0.15) is 17.7 Å². The number of nitrogens with one attached hydrogen (secondary N) is 2. The summed E-state index contributed by atoms with van der Waals surface area (Å²) >= 11 is 0. The van der Waals surface area contributed by atoms with E-state index in [1.165, 1.54) is 19.6 Å². The lowest BCUT2D eigenvalue weighted by Crippen LogP contribution is -2.20. The summed E-state index contributed by atoms with van der Waals surface area (Å²) in [6.45, 7) is 1.71. The largest absolute Gasteiger partial charge is 0.494 e. The van der Waals surface area contributed by atoms with E-state index in [4.69, 9.17) is 9.26 Å². The van der Waals surface area contributed by atoms with Crippen LogP contribution < -0.4 is 15.4 Å². The lowest BCUT2D eigenvalue weighted by molar-refractivity contribution is 0.0963. The number of amides is 1. The number of anilines is 2. The van der Waals surface area contributed by atoms with E-state index < -0.39 is 0 Å². The van der Waals surface area contributed by atoms with E-state index >= 15 is 0 Å². The van der Waals surface area contributed by atoms with Crippen LogP contribution in [0.1, 0.15) is 16.2 Å². The van der Waals surface area contributed by atoms with Gasteiger partial charge in [0.2, 0.25) is 11.7 Å². The Morgan fingerprint density at radius 2 is 2.16 bits per heavy atom. The number of aryl methyl sites for hydroxylation is 1. The smallest absolute Gasteiger partial charge is 0.256 e. The van der Waals surface area contributed by atoms with Crippen LogP contribution in [0.5, 0.6) is 5.75 Å². The molecule has 3 aromatic rings. The first-order valence-corrected chi connectivity index (χ1v) is 7.40. The van der Waals surface area contributed by atoms with E-state index in [1.54, 1.807) is 20.0 Å². The molecule has 2 heterocycles. The van der Waals surface area contributed by atoms with E-state index in [-0.39, 0.29) is 5.91 Å². The molecule has 0 aliphatic carbocycles. The number of carbonyl (C=O) groups is 1. The molecule has 9 heteroatoms. The fourth-order valence-corrected chi connectivity index (χ4v) is 2.30. The number of rotatable bonds is 5. The van der Waals surface area contributed by atoms with Gasteiger partial charge in [-0.25, -0.2) is 9.97 Å². The molecule has 3 rings (SSSR count). The summed E-state index contributed by atoms with van der Waals surface area (Å²) in [6, 6.07) is 5.42. The highest BCUT2D eigenvalue weighted by atomic mass is 16.5. The summed E-state index contributed by atoms with van der Waals surface area (Å²) in [7, 11) is 3.08. The number of methoxy groups -OCH3 is 1. The minimum Gasteiger partial charge on any atom is -0.494 e. The van der Waals surface area contributed by atoms with Crippen molar-refractivity contribution in [3.63, 3.8) is 0 Å². The Balaban J connectivity index is 2.03. The van der Waals surface area contributed by atoms with Crippen molar-refractivity contribution in [1.29, 1.82) is 0 Å². The van der Waals surface area contributed by atoms with Gasteiger partial charge < -0.3 is 19.9 Å². The van der Waals surface area contributed by atoms with Crippen molar-refractivity contribution in [3.05, 3.63) is 42.2 Å². The van der Waals surface area contributed by atoms with Crippen molar-refractivity contribution in [3.8, 4) is 17.1 Å². The van der Waals surface area contributed by atoms with Crippen LogP contribution in [0.25, 0.3) is 11.4 Å². The molecule has 0 saturated heterocycles. The lowest BCUT2D eigenvalue weighted by Gasteiger charge is -2.14. The maximum Gasteiger partial charge on any atom is 0.256 e. The molecular formula is C16H16N6O3. The number of aromatic nitrogens is 4. The van der Waals surface area contributed by atoms with Crippen LogP contribution in [0.2, 0.25) is 0 Å². The standard InChI is InChI=1S/C16H16N6O3/c1-9-20-15(22-25-9)10-5-4-6-12(13(10)24-3)21-14-11(16(23)17-2)7-18-8-19-14/h4-8H,1-3H3,(H,17,23)(H,18,19,21). The summed E-state index contributed by atoms with van der Waals surface area (Å²) in [5.41, 5.74) is 1.57. The van der Waals surface area contributed by atoms with Crippen molar-refractivity contribution in [2.45, 2.75) is 6.92 Å². The number of hydrogen-bond donors (Lipinski definition) is 2. The average molecular weight is 340 g/mol. The number of ether oxygens (including phenoxy) is 1. The van der Waals surface area contributed by atoms with Crippen LogP contribution >= 0.6 is 0 Å². The Morgan fingerprint density at radius 1 is 1.32 bits per heavy atom. The molecule has 1 aromatic carbocycles. The predicted molar refractivity (Wildman–Crippen MR) is 89.7 cm³/mol. The fraction of sp³-hybridized carbons (Fsp3) is 0.188. The van der Waals surface area contributed by atoms with Gasteiger partial charge in [-0.15, -0.1) is 0 Å². The van der Waals surface area contributed by atoms with E-state index in [0.717, 1.165) is 0 Å². The third-order valence-corrected chi connectivity index (χ3v) is 3.42. The first-order chi connectivity index (χ1) is 12.1. The quantitative estimate of drug-likeness (QED) is 0.724.